The number of benzene rings is 1. The van der Waals surface area contributed by atoms with Crippen LogP contribution in [0, 0.1) is 12.7 Å². The molecule has 0 unspecified atom stereocenters. The fourth-order valence-corrected chi connectivity index (χ4v) is 2.85. The molecule has 0 bridgehead atoms. The lowest BCUT2D eigenvalue weighted by Gasteiger charge is -2.23. The van der Waals surface area contributed by atoms with Crippen LogP contribution < -0.4 is 10.6 Å². The van der Waals surface area contributed by atoms with E-state index in [2.05, 4.69) is 20.9 Å². The van der Waals surface area contributed by atoms with Crippen molar-refractivity contribution in [2.75, 3.05) is 13.1 Å². The Morgan fingerprint density at radius 3 is 2.79 bits per heavy atom. The summed E-state index contributed by atoms with van der Waals surface area (Å²) >= 11 is 0. The second-order valence-electron chi connectivity index (χ2n) is 5.72. The highest BCUT2D eigenvalue weighted by Gasteiger charge is 2.22. The molecule has 1 aromatic carbocycles. The van der Waals surface area contributed by atoms with Crippen LogP contribution in [0.4, 0.5) is 4.39 Å². The first-order valence-corrected chi connectivity index (χ1v) is 7.81. The second-order valence-corrected chi connectivity index (χ2v) is 5.72. The summed E-state index contributed by atoms with van der Waals surface area (Å²) in [4.78, 5) is 12.3. The summed E-state index contributed by atoms with van der Waals surface area (Å²) < 4.78 is 15.4. The van der Waals surface area contributed by atoms with Gasteiger partial charge in [-0.05, 0) is 38.9 Å². The molecule has 1 aliphatic heterocycles. The molecule has 1 aliphatic rings. The van der Waals surface area contributed by atoms with Gasteiger partial charge < -0.3 is 10.6 Å². The van der Waals surface area contributed by atoms with Gasteiger partial charge in [0.2, 0.25) is 0 Å². The predicted octanol–water partition coefficient (Wildman–Crippen LogP) is 2.00. The molecule has 1 fully saturated rings. The maximum absolute atomic E-state index is 13.6. The average molecular weight is 354 g/mol. The van der Waals surface area contributed by atoms with Crippen molar-refractivity contribution in [1.82, 2.24) is 25.6 Å². The zero-order chi connectivity index (χ0) is 16.2. The Hall–Kier alpha value is -1.99. The summed E-state index contributed by atoms with van der Waals surface area (Å²) in [6, 6.07) is 6.66. The highest BCUT2D eigenvalue weighted by molar-refractivity contribution is 5.93. The van der Waals surface area contributed by atoms with E-state index in [1.807, 2.05) is 11.6 Å². The Kier molecular flexibility index (Phi) is 6.28. The van der Waals surface area contributed by atoms with E-state index in [1.165, 1.54) is 6.07 Å². The minimum absolute atomic E-state index is 0. The molecule has 0 aliphatic carbocycles. The van der Waals surface area contributed by atoms with E-state index in [4.69, 9.17) is 0 Å². The van der Waals surface area contributed by atoms with Crippen LogP contribution in [-0.4, -0.2) is 34.0 Å². The Morgan fingerprint density at radius 1 is 1.38 bits per heavy atom. The maximum Gasteiger partial charge on any atom is 0.274 e. The summed E-state index contributed by atoms with van der Waals surface area (Å²) in [5.74, 6) is -0.659. The first-order valence-electron chi connectivity index (χ1n) is 7.81. The summed E-state index contributed by atoms with van der Waals surface area (Å²) in [5, 5.41) is 14.2. The SMILES string of the molecule is Cc1c(C(=O)NCc2ccccc2F)nnn1C1CCNCC1.Cl. The number of halogens is 2. The van der Waals surface area contributed by atoms with Gasteiger partial charge in [0.05, 0.1) is 11.7 Å². The zero-order valence-corrected chi connectivity index (χ0v) is 14.3. The van der Waals surface area contributed by atoms with Gasteiger partial charge in [-0.15, -0.1) is 17.5 Å². The maximum atomic E-state index is 13.6. The number of rotatable bonds is 4. The molecule has 2 aromatic rings. The van der Waals surface area contributed by atoms with Gasteiger partial charge in [0.1, 0.15) is 5.82 Å². The van der Waals surface area contributed by atoms with E-state index in [9.17, 15) is 9.18 Å². The Morgan fingerprint density at radius 2 is 2.08 bits per heavy atom. The minimum atomic E-state index is -0.331. The van der Waals surface area contributed by atoms with Crippen LogP contribution in [0.25, 0.3) is 0 Å². The number of nitrogens with one attached hydrogen (secondary N) is 2. The van der Waals surface area contributed by atoms with E-state index in [0.717, 1.165) is 31.6 Å². The van der Waals surface area contributed by atoms with Gasteiger partial charge in [-0.1, -0.05) is 23.4 Å². The van der Waals surface area contributed by atoms with Crippen molar-refractivity contribution in [3.63, 3.8) is 0 Å². The van der Waals surface area contributed by atoms with E-state index < -0.39 is 0 Å². The minimum Gasteiger partial charge on any atom is -0.346 e. The van der Waals surface area contributed by atoms with Crippen LogP contribution in [0.5, 0.6) is 0 Å². The average Bonchev–Trinajstić information content (AvgIpc) is 2.96. The third-order valence-corrected chi connectivity index (χ3v) is 4.19. The molecule has 3 rings (SSSR count). The molecule has 6 nitrogen and oxygen atoms in total. The molecule has 2 N–H and O–H groups in total. The number of hydrogen-bond acceptors (Lipinski definition) is 4. The number of amides is 1. The summed E-state index contributed by atoms with van der Waals surface area (Å²) in [6.45, 7) is 3.86. The Bertz CT molecular complexity index is 700. The van der Waals surface area contributed by atoms with E-state index in [0.29, 0.717) is 11.3 Å². The van der Waals surface area contributed by atoms with Crippen molar-refractivity contribution in [3.8, 4) is 0 Å². The largest absolute Gasteiger partial charge is 0.346 e. The topological polar surface area (TPSA) is 71.8 Å². The molecule has 0 radical (unpaired) electrons. The molecule has 0 atom stereocenters. The van der Waals surface area contributed by atoms with Gasteiger partial charge >= 0.3 is 0 Å². The molecule has 1 aromatic heterocycles. The standard InChI is InChI=1S/C16H20FN5O.ClH/c1-11-15(20-21-22(11)13-6-8-18-9-7-13)16(23)19-10-12-4-2-3-5-14(12)17;/h2-5,13,18H,6-10H2,1H3,(H,19,23);1H. The predicted molar refractivity (Wildman–Crippen MR) is 90.7 cm³/mol. The fourth-order valence-electron chi connectivity index (χ4n) is 2.85. The van der Waals surface area contributed by atoms with Gasteiger partial charge in [0, 0.05) is 12.1 Å². The monoisotopic (exact) mass is 353 g/mol. The van der Waals surface area contributed by atoms with Crippen molar-refractivity contribution in [2.45, 2.75) is 32.4 Å². The number of piperidine rings is 1. The molecule has 2 heterocycles. The third-order valence-electron chi connectivity index (χ3n) is 4.19. The lowest BCUT2D eigenvalue weighted by molar-refractivity contribution is 0.0945. The summed E-state index contributed by atoms with van der Waals surface area (Å²) in [7, 11) is 0. The quantitative estimate of drug-likeness (QED) is 0.882. The number of nitrogens with zero attached hydrogens (tertiary/aromatic N) is 3. The lowest BCUT2D eigenvalue weighted by Crippen LogP contribution is -2.30. The van der Waals surface area contributed by atoms with Crippen molar-refractivity contribution < 1.29 is 9.18 Å². The Balaban J connectivity index is 0.00000208. The number of carbonyl (C=O) groups excluding carboxylic acids is 1. The molecule has 1 saturated heterocycles. The smallest absolute Gasteiger partial charge is 0.274 e. The molecular weight excluding hydrogens is 333 g/mol. The third kappa shape index (κ3) is 3.91. The molecule has 0 spiro atoms. The van der Waals surface area contributed by atoms with Crippen molar-refractivity contribution in [2.24, 2.45) is 0 Å². The van der Waals surface area contributed by atoms with Gasteiger partial charge in [-0.3, -0.25) is 4.79 Å². The lowest BCUT2D eigenvalue weighted by atomic mass is 10.1. The van der Waals surface area contributed by atoms with Gasteiger partial charge in [0.15, 0.2) is 5.69 Å². The van der Waals surface area contributed by atoms with Crippen LogP contribution in [-0.2, 0) is 6.54 Å². The van der Waals surface area contributed by atoms with Crippen LogP contribution >= 0.6 is 12.4 Å². The highest BCUT2D eigenvalue weighted by Crippen LogP contribution is 2.20. The molecule has 0 saturated carbocycles. The normalized spacial score (nSPS) is 14.9. The van der Waals surface area contributed by atoms with E-state index in [-0.39, 0.29) is 36.7 Å². The molecule has 8 heteroatoms. The van der Waals surface area contributed by atoms with E-state index in [1.54, 1.807) is 18.2 Å². The van der Waals surface area contributed by atoms with E-state index >= 15 is 0 Å². The number of aromatic nitrogens is 3. The van der Waals surface area contributed by atoms with Crippen LogP contribution in [0.15, 0.2) is 24.3 Å². The van der Waals surface area contributed by atoms with Crippen LogP contribution in [0.1, 0.15) is 40.6 Å². The molecular formula is C16H21ClFN5O. The van der Waals surface area contributed by atoms with Crippen molar-refractivity contribution in [3.05, 3.63) is 47.0 Å². The first-order chi connectivity index (χ1) is 11.2. The van der Waals surface area contributed by atoms with Gasteiger partial charge in [-0.2, -0.15) is 0 Å². The molecule has 130 valence electrons. The fraction of sp³-hybridized carbons (Fsp3) is 0.438. The van der Waals surface area contributed by atoms with Gasteiger partial charge in [0.25, 0.3) is 5.91 Å². The highest BCUT2D eigenvalue weighted by atomic mass is 35.5. The number of carbonyl (C=O) groups is 1. The Labute approximate surface area is 146 Å². The van der Waals surface area contributed by atoms with Gasteiger partial charge in [-0.25, -0.2) is 9.07 Å². The number of hydrogen-bond donors (Lipinski definition) is 2. The van der Waals surface area contributed by atoms with Crippen LogP contribution in [0.3, 0.4) is 0 Å². The van der Waals surface area contributed by atoms with Crippen molar-refractivity contribution >= 4 is 18.3 Å². The zero-order valence-electron chi connectivity index (χ0n) is 13.5. The first kappa shape index (κ1) is 18.4. The summed E-state index contributed by atoms with van der Waals surface area (Å²) in [5.41, 5.74) is 1.51. The molecule has 1 amide bonds. The second kappa shape index (κ2) is 8.21. The summed E-state index contributed by atoms with van der Waals surface area (Å²) in [6.07, 6.45) is 1.95. The van der Waals surface area contributed by atoms with Crippen LogP contribution in [0.2, 0.25) is 0 Å². The van der Waals surface area contributed by atoms with Crippen molar-refractivity contribution in [1.29, 1.82) is 0 Å². The molecule has 24 heavy (non-hydrogen) atoms.